The van der Waals surface area contributed by atoms with Crippen LogP contribution >= 0.6 is 0 Å². The molecule has 0 bridgehead atoms. The minimum absolute atomic E-state index is 1.27. The molecule has 0 aromatic heterocycles. The maximum atomic E-state index is 2.58. The molecule has 1 aromatic rings. The number of fused-ring (bicyclic) bond motifs is 1. The van der Waals surface area contributed by atoms with E-state index in [0.717, 1.165) is 0 Å². The van der Waals surface area contributed by atoms with Gasteiger partial charge in [-0.1, -0.05) is 0 Å². The van der Waals surface area contributed by atoms with Crippen molar-refractivity contribution in [3.05, 3.63) is 34.2 Å². The van der Waals surface area contributed by atoms with E-state index in [1.807, 2.05) is 4.41 Å². The average molecular weight is 289 g/mol. The Morgan fingerprint density at radius 1 is 0.941 bits per heavy atom. The first-order valence-corrected chi connectivity index (χ1v) is 13.2. The topological polar surface area (TPSA) is 0 Å². The molecule has 0 aliphatic carbocycles. The van der Waals surface area contributed by atoms with Crippen LogP contribution in [0.5, 0.6) is 0 Å². The van der Waals surface area contributed by atoms with Crippen molar-refractivity contribution in [1.29, 1.82) is 0 Å². The van der Waals surface area contributed by atoms with Crippen LogP contribution in [0.1, 0.15) is 45.1 Å². The molecule has 1 aliphatic rings. The van der Waals surface area contributed by atoms with E-state index < -0.39 is 13.3 Å². The van der Waals surface area contributed by atoms with Gasteiger partial charge in [-0.2, -0.15) is 0 Å². The fraction of sp³-hybridized carbons (Fsp3) is 0.500. The van der Waals surface area contributed by atoms with E-state index in [1.54, 1.807) is 15.5 Å². The number of allylic oxidation sites excluding steroid dienone is 2. The predicted molar refractivity (Wildman–Crippen MR) is 80.3 cm³/mol. The van der Waals surface area contributed by atoms with Gasteiger partial charge in [0, 0.05) is 0 Å². The zero-order valence-electron chi connectivity index (χ0n) is 11.6. The zero-order chi connectivity index (χ0) is 12.5. The Bertz CT molecular complexity index is 441. The van der Waals surface area contributed by atoms with Crippen LogP contribution in [0.15, 0.2) is 28.7 Å². The molecular weight excluding hydrogens is 265 g/mol. The van der Waals surface area contributed by atoms with Crippen LogP contribution < -0.4 is 4.40 Å². The Balaban J connectivity index is 2.56. The summed E-state index contributed by atoms with van der Waals surface area (Å²) in [5.74, 6) is 5.15. The summed E-state index contributed by atoms with van der Waals surface area (Å²) in [6.45, 7) is 4.62. The van der Waals surface area contributed by atoms with Gasteiger partial charge in [0.25, 0.3) is 0 Å². The molecule has 0 amide bonds. The van der Waals surface area contributed by atoms with Crippen molar-refractivity contribution in [2.75, 3.05) is 0 Å². The second-order valence-electron chi connectivity index (χ2n) is 5.63. The zero-order valence-corrected chi connectivity index (χ0v) is 13.7. The third kappa shape index (κ3) is 2.12. The molecule has 0 saturated carbocycles. The van der Waals surface area contributed by atoms with Crippen LogP contribution in [0.4, 0.5) is 0 Å². The molecule has 17 heavy (non-hydrogen) atoms. The SMILES string of the molecule is CCCC1=[C](CCC)[Ge]([CH3])([CH3])[c]2ccccc21. The molecule has 1 heterocycles. The van der Waals surface area contributed by atoms with Gasteiger partial charge in [-0.25, -0.2) is 0 Å². The molecule has 0 radical (unpaired) electrons. The number of hydrogen-bond acceptors (Lipinski definition) is 0. The molecule has 0 fully saturated rings. The summed E-state index contributed by atoms with van der Waals surface area (Å²) in [7, 11) is 0. The first kappa shape index (κ1) is 12.9. The molecule has 0 nitrogen and oxygen atoms in total. The van der Waals surface area contributed by atoms with Gasteiger partial charge in [-0.05, 0) is 0 Å². The van der Waals surface area contributed by atoms with E-state index in [9.17, 15) is 0 Å². The average Bonchev–Trinajstić information content (AvgIpc) is 2.52. The molecular formula is C16H24Ge. The predicted octanol–water partition coefficient (Wildman–Crippen LogP) is 4.51. The van der Waals surface area contributed by atoms with Gasteiger partial charge in [0.1, 0.15) is 0 Å². The van der Waals surface area contributed by atoms with Gasteiger partial charge < -0.3 is 0 Å². The van der Waals surface area contributed by atoms with Gasteiger partial charge in [0.05, 0.1) is 0 Å². The molecule has 92 valence electrons. The Hall–Kier alpha value is -0.497. The van der Waals surface area contributed by atoms with Crippen LogP contribution in [-0.4, -0.2) is 13.3 Å². The van der Waals surface area contributed by atoms with E-state index in [4.69, 9.17) is 0 Å². The molecule has 1 aromatic carbocycles. The fourth-order valence-electron chi connectivity index (χ4n) is 3.24. The molecule has 0 saturated heterocycles. The van der Waals surface area contributed by atoms with E-state index >= 15 is 0 Å². The monoisotopic (exact) mass is 290 g/mol. The van der Waals surface area contributed by atoms with E-state index in [0.29, 0.717) is 0 Å². The normalized spacial score (nSPS) is 17.4. The number of benzene rings is 1. The standard InChI is InChI=1S/C16H24Ge/c1-5-9-13-14-11-7-8-12-16(14)17(3,4)15(13)10-6-2/h7-8,11-12H,5-6,9-10H2,1-4H3. The van der Waals surface area contributed by atoms with Crippen LogP contribution in [-0.2, 0) is 0 Å². The molecule has 1 aliphatic heterocycles. The third-order valence-corrected chi connectivity index (χ3v) is 12.1. The summed E-state index contributed by atoms with van der Waals surface area (Å²) in [6.07, 6.45) is 5.18. The van der Waals surface area contributed by atoms with Gasteiger partial charge in [-0.3, -0.25) is 0 Å². The van der Waals surface area contributed by atoms with Gasteiger partial charge in [0.15, 0.2) is 0 Å². The first-order chi connectivity index (χ1) is 8.12. The minimum atomic E-state index is -1.88. The summed E-state index contributed by atoms with van der Waals surface area (Å²) in [6, 6.07) is 9.19. The summed E-state index contributed by atoms with van der Waals surface area (Å²) >= 11 is -1.88. The summed E-state index contributed by atoms with van der Waals surface area (Å²) < 4.78 is 3.59. The van der Waals surface area contributed by atoms with Gasteiger partial charge in [-0.15, -0.1) is 0 Å². The van der Waals surface area contributed by atoms with Crippen molar-refractivity contribution in [2.45, 2.75) is 51.0 Å². The molecule has 0 spiro atoms. The van der Waals surface area contributed by atoms with Crippen LogP contribution in [0.25, 0.3) is 5.57 Å². The van der Waals surface area contributed by atoms with Crippen molar-refractivity contribution in [3.8, 4) is 0 Å². The Morgan fingerprint density at radius 3 is 2.24 bits per heavy atom. The van der Waals surface area contributed by atoms with Gasteiger partial charge in [0.2, 0.25) is 0 Å². The van der Waals surface area contributed by atoms with Crippen molar-refractivity contribution in [2.24, 2.45) is 0 Å². The fourth-order valence-corrected chi connectivity index (χ4v) is 10.9. The van der Waals surface area contributed by atoms with E-state index in [-0.39, 0.29) is 0 Å². The molecule has 1 heteroatoms. The molecule has 0 atom stereocenters. The van der Waals surface area contributed by atoms with Gasteiger partial charge >= 0.3 is 109 Å². The number of hydrogen-bond donors (Lipinski definition) is 0. The summed E-state index contributed by atoms with van der Waals surface area (Å²) in [5.41, 5.74) is 3.32. The number of rotatable bonds is 4. The molecule has 0 unspecified atom stereocenters. The van der Waals surface area contributed by atoms with Crippen LogP contribution in [0.2, 0.25) is 11.5 Å². The van der Waals surface area contributed by atoms with E-state index in [1.165, 1.54) is 25.7 Å². The second kappa shape index (κ2) is 5.01. The second-order valence-corrected chi connectivity index (χ2v) is 14.8. The maximum absolute atomic E-state index is 2.58. The molecule has 2 rings (SSSR count). The van der Waals surface area contributed by atoms with Crippen LogP contribution in [0.3, 0.4) is 0 Å². The Morgan fingerprint density at radius 2 is 1.59 bits per heavy atom. The summed E-state index contributed by atoms with van der Waals surface area (Å²) in [5, 5.41) is 0. The summed E-state index contributed by atoms with van der Waals surface area (Å²) in [4.78, 5) is 0. The van der Waals surface area contributed by atoms with E-state index in [2.05, 4.69) is 49.6 Å². The van der Waals surface area contributed by atoms with Crippen molar-refractivity contribution in [1.82, 2.24) is 0 Å². The van der Waals surface area contributed by atoms with Crippen LogP contribution in [0, 0.1) is 0 Å². The quantitative estimate of drug-likeness (QED) is 0.715. The third-order valence-electron chi connectivity index (χ3n) is 4.04. The Labute approximate surface area is 108 Å². The van der Waals surface area contributed by atoms with Crippen molar-refractivity contribution < 1.29 is 0 Å². The first-order valence-electron chi connectivity index (χ1n) is 6.95. The molecule has 0 N–H and O–H groups in total. The van der Waals surface area contributed by atoms with Crippen molar-refractivity contribution in [3.63, 3.8) is 0 Å². The Kier molecular flexibility index (Phi) is 3.82. The van der Waals surface area contributed by atoms with Crippen molar-refractivity contribution >= 4 is 23.2 Å².